The van der Waals surface area contributed by atoms with E-state index in [0.717, 1.165) is 12.8 Å². The van der Waals surface area contributed by atoms with Gasteiger partial charge in [-0.15, -0.1) is 0 Å². The van der Waals surface area contributed by atoms with Crippen LogP contribution in [0, 0.1) is 0 Å². The molecule has 132 valence electrons. The number of pyridine rings is 1. The zero-order valence-corrected chi connectivity index (χ0v) is 15.6. The molecule has 0 aliphatic heterocycles. The molecule has 0 bridgehead atoms. The normalized spacial score (nSPS) is 10.4. The van der Waals surface area contributed by atoms with Gasteiger partial charge in [0.05, 0.1) is 0 Å². The van der Waals surface area contributed by atoms with E-state index in [2.05, 4.69) is 17.2 Å². The van der Waals surface area contributed by atoms with E-state index >= 15 is 0 Å². The van der Waals surface area contributed by atoms with Crippen molar-refractivity contribution in [1.29, 1.82) is 0 Å². The fourth-order valence-corrected chi connectivity index (χ4v) is 2.72. The molecule has 0 atom stereocenters. The lowest BCUT2D eigenvalue weighted by molar-refractivity contribution is 0.0787. The van der Waals surface area contributed by atoms with Gasteiger partial charge in [-0.1, -0.05) is 42.6 Å². The zero-order chi connectivity index (χ0) is 18.4. The van der Waals surface area contributed by atoms with E-state index in [1.54, 1.807) is 48.3 Å². The number of unbranched alkanes of at least 4 members (excludes halogenated alkanes) is 1. The Labute approximate surface area is 157 Å². The van der Waals surface area contributed by atoms with Crippen molar-refractivity contribution in [1.82, 2.24) is 9.88 Å². The van der Waals surface area contributed by atoms with Crippen molar-refractivity contribution in [2.75, 3.05) is 18.9 Å². The molecule has 2 rings (SSSR count). The van der Waals surface area contributed by atoms with Crippen LogP contribution in [0.4, 0.5) is 5.69 Å². The lowest BCUT2D eigenvalue weighted by Gasteiger charge is -2.16. The Morgan fingerprint density at radius 3 is 2.40 bits per heavy atom. The number of carbonyl (C=O) groups excluding carboxylic acids is 2. The molecular weight excluding hydrogens is 361 g/mol. The third kappa shape index (κ3) is 5.44. The van der Waals surface area contributed by atoms with E-state index in [9.17, 15) is 9.59 Å². The molecule has 1 heterocycles. The van der Waals surface area contributed by atoms with Crippen LogP contribution in [-0.4, -0.2) is 35.3 Å². The maximum atomic E-state index is 12.4. The average Bonchev–Trinajstić information content (AvgIpc) is 2.58. The number of benzene rings is 1. The number of aromatic nitrogens is 1. The molecule has 0 unspecified atom stereocenters. The average molecular weight is 380 g/mol. The van der Waals surface area contributed by atoms with Crippen LogP contribution in [0.25, 0.3) is 0 Å². The molecule has 2 amide bonds. The second-order valence-corrected chi connectivity index (χ2v) is 6.47. The second kappa shape index (κ2) is 8.83. The Hall–Kier alpha value is -2.11. The van der Waals surface area contributed by atoms with Crippen molar-refractivity contribution in [3.05, 3.63) is 57.8 Å². The third-order valence-electron chi connectivity index (χ3n) is 3.52. The number of rotatable bonds is 6. The van der Waals surface area contributed by atoms with Gasteiger partial charge in [-0.3, -0.25) is 9.59 Å². The molecule has 0 spiro atoms. The number of amides is 2. The van der Waals surface area contributed by atoms with Gasteiger partial charge < -0.3 is 10.2 Å². The summed E-state index contributed by atoms with van der Waals surface area (Å²) in [4.78, 5) is 30.5. The summed E-state index contributed by atoms with van der Waals surface area (Å²) in [6.07, 6.45) is 1.91. The van der Waals surface area contributed by atoms with Gasteiger partial charge in [-0.05, 0) is 36.8 Å². The molecule has 2 aromatic rings. The molecule has 1 aromatic carbocycles. The summed E-state index contributed by atoms with van der Waals surface area (Å²) in [5.41, 5.74) is 0.835. The van der Waals surface area contributed by atoms with Gasteiger partial charge in [0.25, 0.3) is 11.8 Å². The Kier molecular flexibility index (Phi) is 6.79. The second-order valence-electron chi connectivity index (χ2n) is 5.60. The Morgan fingerprint density at radius 1 is 1.12 bits per heavy atom. The molecule has 0 saturated carbocycles. The monoisotopic (exact) mass is 379 g/mol. The van der Waals surface area contributed by atoms with Crippen molar-refractivity contribution in [3.63, 3.8) is 0 Å². The van der Waals surface area contributed by atoms with Gasteiger partial charge >= 0.3 is 0 Å². The number of nitrogens with zero attached hydrogens (tertiary/aromatic N) is 2. The maximum Gasteiger partial charge on any atom is 0.274 e. The Balaban J connectivity index is 2.14. The van der Waals surface area contributed by atoms with Crippen LogP contribution in [-0.2, 0) is 0 Å². The van der Waals surface area contributed by atoms with Crippen molar-refractivity contribution in [2.45, 2.75) is 19.8 Å². The molecule has 0 fully saturated rings. The molecule has 0 aliphatic rings. The molecular formula is C18H19Cl2N3O2. The molecule has 0 saturated heterocycles. The van der Waals surface area contributed by atoms with Crippen molar-refractivity contribution >= 4 is 40.7 Å². The van der Waals surface area contributed by atoms with Crippen LogP contribution < -0.4 is 5.32 Å². The van der Waals surface area contributed by atoms with E-state index in [-0.39, 0.29) is 17.3 Å². The van der Waals surface area contributed by atoms with E-state index in [1.807, 2.05) is 0 Å². The molecule has 5 nitrogen and oxygen atoms in total. The molecule has 1 aromatic heterocycles. The molecule has 0 aliphatic carbocycles. The van der Waals surface area contributed by atoms with Crippen LogP contribution in [0.15, 0.2) is 36.4 Å². The largest absolute Gasteiger partial charge is 0.340 e. The SMILES string of the molecule is CCCCN(C)C(=O)c1cccc(C(=O)Nc2cc(Cl)cc(Cl)c2)n1. The van der Waals surface area contributed by atoms with Crippen LogP contribution in [0.3, 0.4) is 0 Å². The van der Waals surface area contributed by atoms with E-state index < -0.39 is 5.91 Å². The fourth-order valence-electron chi connectivity index (χ4n) is 2.19. The highest BCUT2D eigenvalue weighted by atomic mass is 35.5. The quantitative estimate of drug-likeness (QED) is 0.802. The number of halogens is 2. The van der Waals surface area contributed by atoms with Gasteiger partial charge in [0.2, 0.25) is 0 Å². The van der Waals surface area contributed by atoms with Crippen molar-refractivity contribution < 1.29 is 9.59 Å². The summed E-state index contributed by atoms with van der Waals surface area (Å²) in [6.45, 7) is 2.71. The van der Waals surface area contributed by atoms with Crippen LogP contribution >= 0.6 is 23.2 Å². The Bertz CT molecular complexity index is 760. The summed E-state index contributed by atoms with van der Waals surface area (Å²) in [6, 6.07) is 9.51. The lowest BCUT2D eigenvalue weighted by atomic mass is 10.2. The predicted octanol–water partition coefficient (Wildman–Crippen LogP) is 4.51. The standard InChI is InChI=1S/C18H19Cl2N3O2/c1-3-4-8-23(2)18(25)16-7-5-6-15(22-16)17(24)21-14-10-12(19)9-13(20)11-14/h5-7,9-11H,3-4,8H2,1-2H3,(H,21,24). The first kappa shape index (κ1) is 19.2. The van der Waals surface area contributed by atoms with Gasteiger partial charge in [0, 0.05) is 29.3 Å². The highest BCUT2D eigenvalue weighted by Crippen LogP contribution is 2.22. The zero-order valence-electron chi connectivity index (χ0n) is 14.1. The first-order valence-corrected chi connectivity index (χ1v) is 8.66. The number of anilines is 1. The summed E-state index contributed by atoms with van der Waals surface area (Å²) >= 11 is 11.8. The van der Waals surface area contributed by atoms with E-state index in [0.29, 0.717) is 22.3 Å². The van der Waals surface area contributed by atoms with Gasteiger partial charge in [0.15, 0.2) is 0 Å². The molecule has 0 radical (unpaired) electrons. The van der Waals surface area contributed by atoms with E-state index in [4.69, 9.17) is 23.2 Å². The number of nitrogens with one attached hydrogen (secondary N) is 1. The van der Waals surface area contributed by atoms with Crippen molar-refractivity contribution in [3.8, 4) is 0 Å². The lowest BCUT2D eigenvalue weighted by Crippen LogP contribution is -2.29. The molecule has 25 heavy (non-hydrogen) atoms. The van der Waals surface area contributed by atoms with Crippen LogP contribution in [0.2, 0.25) is 10.0 Å². The number of hydrogen-bond donors (Lipinski definition) is 1. The summed E-state index contributed by atoms with van der Waals surface area (Å²) < 4.78 is 0. The third-order valence-corrected chi connectivity index (χ3v) is 3.95. The topological polar surface area (TPSA) is 62.3 Å². The first-order chi connectivity index (χ1) is 11.9. The number of hydrogen-bond acceptors (Lipinski definition) is 3. The minimum Gasteiger partial charge on any atom is -0.340 e. The molecule has 7 heteroatoms. The first-order valence-electron chi connectivity index (χ1n) is 7.90. The van der Waals surface area contributed by atoms with Crippen molar-refractivity contribution in [2.24, 2.45) is 0 Å². The van der Waals surface area contributed by atoms with Gasteiger partial charge in [0.1, 0.15) is 11.4 Å². The minimum atomic E-state index is -0.441. The van der Waals surface area contributed by atoms with Gasteiger partial charge in [-0.2, -0.15) is 0 Å². The number of carbonyl (C=O) groups is 2. The summed E-state index contributed by atoms with van der Waals surface area (Å²) in [5.74, 6) is -0.655. The minimum absolute atomic E-state index is 0.144. The predicted molar refractivity (Wildman–Crippen MR) is 101 cm³/mol. The highest BCUT2D eigenvalue weighted by Gasteiger charge is 2.16. The Morgan fingerprint density at radius 2 is 1.76 bits per heavy atom. The smallest absolute Gasteiger partial charge is 0.274 e. The maximum absolute atomic E-state index is 12.4. The van der Waals surface area contributed by atoms with Crippen LogP contribution in [0.1, 0.15) is 40.7 Å². The highest BCUT2D eigenvalue weighted by molar-refractivity contribution is 6.35. The van der Waals surface area contributed by atoms with Crippen LogP contribution in [0.5, 0.6) is 0 Å². The summed E-state index contributed by atoms with van der Waals surface area (Å²) in [5, 5.41) is 3.50. The summed E-state index contributed by atoms with van der Waals surface area (Å²) in [7, 11) is 1.72. The molecule has 1 N–H and O–H groups in total. The fraction of sp³-hybridized carbons (Fsp3) is 0.278. The van der Waals surface area contributed by atoms with Gasteiger partial charge in [-0.25, -0.2) is 4.98 Å². The van der Waals surface area contributed by atoms with E-state index in [1.165, 1.54) is 0 Å².